The minimum atomic E-state index is -0.530. The number of ether oxygens (including phenoxy) is 1. The third-order valence-electron chi connectivity index (χ3n) is 2.67. The van der Waals surface area contributed by atoms with Crippen molar-refractivity contribution >= 4 is 23.4 Å². The molecular weight excluding hydrogens is 248 g/mol. The third-order valence-corrected chi connectivity index (χ3v) is 2.67. The first-order valence-electron chi connectivity index (χ1n) is 5.83. The number of hydrogen-bond donors (Lipinski definition) is 2. The van der Waals surface area contributed by atoms with E-state index in [1.807, 2.05) is 6.92 Å². The van der Waals surface area contributed by atoms with Gasteiger partial charge in [0.2, 0.25) is 5.91 Å². The number of esters is 1. The first-order chi connectivity index (χ1) is 9.04. The summed E-state index contributed by atoms with van der Waals surface area (Å²) in [6.45, 7) is 2.53. The fraction of sp³-hybridized carbons (Fsp3) is 0.417. The van der Waals surface area contributed by atoms with E-state index < -0.39 is 5.97 Å². The molecule has 0 saturated carbocycles. The van der Waals surface area contributed by atoms with Crippen molar-refractivity contribution < 1.29 is 14.3 Å². The molecule has 1 aromatic rings. The fourth-order valence-corrected chi connectivity index (χ4v) is 1.59. The second kappa shape index (κ2) is 6.58. The summed E-state index contributed by atoms with van der Waals surface area (Å²) in [4.78, 5) is 28.8. The van der Waals surface area contributed by atoms with E-state index in [2.05, 4.69) is 15.0 Å². The van der Waals surface area contributed by atoms with Gasteiger partial charge in [0.1, 0.15) is 0 Å². The van der Waals surface area contributed by atoms with Crippen LogP contribution in [0.3, 0.4) is 0 Å². The molecule has 0 aliphatic heterocycles. The summed E-state index contributed by atoms with van der Waals surface area (Å²) in [7, 11) is 2.84. The minimum Gasteiger partial charge on any atom is -0.465 e. The van der Waals surface area contributed by atoms with Gasteiger partial charge in [-0.15, -0.1) is 0 Å². The number of nitrogens with zero attached hydrogens (tertiary/aromatic N) is 2. The van der Waals surface area contributed by atoms with Gasteiger partial charge in [0, 0.05) is 19.8 Å². The molecule has 1 heterocycles. The molecule has 0 bridgehead atoms. The molecule has 0 fully saturated rings. The Morgan fingerprint density at radius 2 is 2.21 bits per heavy atom. The van der Waals surface area contributed by atoms with Crippen LogP contribution < -0.4 is 16.0 Å². The highest BCUT2D eigenvalue weighted by Crippen LogP contribution is 2.24. The van der Waals surface area contributed by atoms with Crippen LogP contribution in [0.5, 0.6) is 0 Å². The first-order valence-corrected chi connectivity index (χ1v) is 5.83. The molecule has 0 radical (unpaired) electrons. The Kier molecular flexibility index (Phi) is 5.11. The zero-order valence-electron chi connectivity index (χ0n) is 11.3. The molecule has 0 spiro atoms. The maximum Gasteiger partial charge on any atom is 0.340 e. The van der Waals surface area contributed by atoms with Crippen LogP contribution in [-0.4, -0.2) is 44.1 Å². The maximum absolute atomic E-state index is 11.5. The van der Waals surface area contributed by atoms with Gasteiger partial charge in [0.25, 0.3) is 0 Å². The number of amides is 1. The molecule has 7 nitrogen and oxygen atoms in total. The second-order valence-corrected chi connectivity index (χ2v) is 3.77. The quantitative estimate of drug-likeness (QED) is 0.729. The Hall–Kier alpha value is -2.31. The molecule has 1 rings (SSSR count). The van der Waals surface area contributed by atoms with Crippen molar-refractivity contribution in [2.75, 3.05) is 37.9 Å². The molecule has 0 atom stereocenters. The molecular formula is C12H18N4O3. The number of likely N-dealkylation sites (N-methyl/N-ethyl adjacent to an activating group) is 2. The number of rotatable bonds is 5. The molecule has 1 aromatic heterocycles. The van der Waals surface area contributed by atoms with Gasteiger partial charge in [-0.25, -0.2) is 9.78 Å². The second-order valence-electron chi connectivity index (χ2n) is 3.77. The van der Waals surface area contributed by atoms with Crippen LogP contribution in [0.4, 0.5) is 11.5 Å². The lowest BCUT2D eigenvalue weighted by molar-refractivity contribution is -0.119. The number of methoxy groups -OCH3 is 1. The van der Waals surface area contributed by atoms with E-state index in [1.165, 1.54) is 19.4 Å². The van der Waals surface area contributed by atoms with Crippen LogP contribution in [0.25, 0.3) is 0 Å². The molecule has 0 unspecified atom stereocenters. The summed E-state index contributed by atoms with van der Waals surface area (Å²) in [5.41, 5.74) is 6.36. The highest BCUT2D eigenvalue weighted by molar-refractivity contribution is 5.98. The predicted octanol–water partition coefficient (Wildman–Crippen LogP) is 0.0227. The Morgan fingerprint density at radius 3 is 2.74 bits per heavy atom. The average Bonchev–Trinajstić information content (AvgIpc) is 2.44. The Balaban J connectivity index is 3.11. The Bertz CT molecular complexity index is 476. The lowest BCUT2D eigenvalue weighted by atomic mass is 10.2. The summed E-state index contributed by atoms with van der Waals surface area (Å²) in [5.74, 6) is -0.294. The summed E-state index contributed by atoms with van der Waals surface area (Å²) in [6, 6.07) is 1.48. The summed E-state index contributed by atoms with van der Waals surface area (Å²) < 4.78 is 4.64. The van der Waals surface area contributed by atoms with Crippen molar-refractivity contribution in [1.82, 2.24) is 10.3 Å². The van der Waals surface area contributed by atoms with E-state index in [9.17, 15) is 9.59 Å². The first kappa shape index (κ1) is 14.7. The van der Waals surface area contributed by atoms with E-state index in [-0.39, 0.29) is 23.7 Å². The number of hydrogen-bond acceptors (Lipinski definition) is 6. The lowest BCUT2D eigenvalue weighted by Crippen LogP contribution is -2.36. The van der Waals surface area contributed by atoms with E-state index in [1.54, 1.807) is 11.9 Å². The Labute approximate surface area is 111 Å². The number of aromatic nitrogens is 1. The van der Waals surface area contributed by atoms with Gasteiger partial charge in [0.05, 0.1) is 24.9 Å². The molecule has 0 aromatic carbocycles. The maximum atomic E-state index is 11.5. The summed E-state index contributed by atoms with van der Waals surface area (Å²) in [5, 5.41) is 2.53. The van der Waals surface area contributed by atoms with Crippen molar-refractivity contribution in [2.45, 2.75) is 6.92 Å². The van der Waals surface area contributed by atoms with Gasteiger partial charge in [-0.2, -0.15) is 0 Å². The standard InChI is InChI=1S/C12H18N4O3/c1-4-16(7-9(17)14-2)11-10(13)8(5-6-15-11)12(18)19-3/h5-6H,4,7,13H2,1-3H3,(H,14,17). The highest BCUT2D eigenvalue weighted by atomic mass is 16.5. The normalized spacial score (nSPS) is 9.84. The molecule has 0 aliphatic rings. The molecule has 19 heavy (non-hydrogen) atoms. The van der Waals surface area contributed by atoms with Gasteiger partial charge >= 0.3 is 5.97 Å². The largest absolute Gasteiger partial charge is 0.465 e. The number of nitrogen functional groups attached to an aromatic ring is 1. The molecule has 7 heteroatoms. The van der Waals surface area contributed by atoms with Gasteiger partial charge in [-0.1, -0.05) is 0 Å². The number of carbonyl (C=O) groups is 2. The molecule has 3 N–H and O–H groups in total. The van der Waals surface area contributed by atoms with Crippen LogP contribution in [0, 0.1) is 0 Å². The third kappa shape index (κ3) is 3.34. The van der Waals surface area contributed by atoms with Crippen molar-refractivity contribution in [2.24, 2.45) is 0 Å². The van der Waals surface area contributed by atoms with E-state index in [0.717, 1.165) is 0 Å². The topological polar surface area (TPSA) is 97.5 Å². The minimum absolute atomic E-state index is 0.120. The SMILES string of the molecule is CCN(CC(=O)NC)c1nccc(C(=O)OC)c1N. The fourth-order valence-electron chi connectivity index (χ4n) is 1.59. The van der Waals surface area contributed by atoms with Crippen LogP contribution in [-0.2, 0) is 9.53 Å². The van der Waals surface area contributed by atoms with Crippen LogP contribution in [0.2, 0.25) is 0 Å². The zero-order valence-corrected chi connectivity index (χ0v) is 11.3. The van der Waals surface area contributed by atoms with Crippen molar-refractivity contribution in [3.05, 3.63) is 17.8 Å². The molecule has 0 aliphatic carbocycles. The summed E-state index contributed by atoms with van der Waals surface area (Å²) in [6.07, 6.45) is 1.46. The lowest BCUT2D eigenvalue weighted by Gasteiger charge is -2.23. The van der Waals surface area contributed by atoms with E-state index in [4.69, 9.17) is 5.73 Å². The molecule has 1 amide bonds. The summed E-state index contributed by atoms with van der Waals surface area (Å²) >= 11 is 0. The Morgan fingerprint density at radius 1 is 1.53 bits per heavy atom. The van der Waals surface area contributed by atoms with Crippen molar-refractivity contribution in [1.29, 1.82) is 0 Å². The average molecular weight is 266 g/mol. The van der Waals surface area contributed by atoms with Crippen molar-refractivity contribution in [3.8, 4) is 0 Å². The van der Waals surface area contributed by atoms with Crippen LogP contribution >= 0.6 is 0 Å². The number of carbonyl (C=O) groups excluding carboxylic acids is 2. The van der Waals surface area contributed by atoms with Crippen molar-refractivity contribution in [3.63, 3.8) is 0 Å². The van der Waals surface area contributed by atoms with Gasteiger partial charge in [-0.05, 0) is 13.0 Å². The van der Waals surface area contributed by atoms with Crippen LogP contribution in [0.15, 0.2) is 12.3 Å². The highest BCUT2D eigenvalue weighted by Gasteiger charge is 2.18. The number of nitrogens with two attached hydrogens (primary N) is 1. The monoisotopic (exact) mass is 266 g/mol. The van der Waals surface area contributed by atoms with E-state index in [0.29, 0.717) is 12.4 Å². The van der Waals surface area contributed by atoms with Gasteiger partial charge in [-0.3, -0.25) is 4.79 Å². The molecule has 104 valence electrons. The zero-order chi connectivity index (χ0) is 14.4. The number of nitrogens with one attached hydrogen (secondary N) is 1. The molecule has 0 saturated heterocycles. The predicted molar refractivity (Wildman–Crippen MR) is 71.9 cm³/mol. The number of pyridine rings is 1. The van der Waals surface area contributed by atoms with Crippen LogP contribution in [0.1, 0.15) is 17.3 Å². The number of anilines is 2. The smallest absolute Gasteiger partial charge is 0.340 e. The van der Waals surface area contributed by atoms with E-state index >= 15 is 0 Å². The van der Waals surface area contributed by atoms with Gasteiger partial charge in [0.15, 0.2) is 5.82 Å². The van der Waals surface area contributed by atoms with Gasteiger partial charge < -0.3 is 20.7 Å².